The maximum absolute atomic E-state index is 11.0. The number of unbranched alkanes of at least 4 members (excludes halogenated alkanes) is 4. The molecule has 90 valence electrons. The van der Waals surface area contributed by atoms with Crippen LogP contribution in [0.3, 0.4) is 0 Å². The monoisotopic (exact) mass is 216 g/mol. The van der Waals surface area contributed by atoms with Gasteiger partial charge >= 0.3 is 5.97 Å². The molecule has 0 radical (unpaired) electrons. The summed E-state index contributed by atoms with van der Waals surface area (Å²) in [6.07, 6.45) is 6.28. The van der Waals surface area contributed by atoms with E-state index < -0.39 is 11.6 Å². The zero-order valence-corrected chi connectivity index (χ0v) is 10.2. The standard InChI is InChI=1S/C12H24O3/c1-4-6-7-8-9-10-12(3,11(13)14)15-5-2/h4-10H2,1-3H3,(H,13,14). The van der Waals surface area contributed by atoms with Gasteiger partial charge in [0.1, 0.15) is 0 Å². The Balaban J connectivity index is 3.81. The van der Waals surface area contributed by atoms with Gasteiger partial charge in [-0.2, -0.15) is 0 Å². The first-order valence-electron chi connectivity index (χ1n) is 5.94. The molecule has 1 N–H and O–H groups in total. The van der Waals surface area contributed by atoms with Crippen LogP contribution < -0.4 is 0 Å². The summed E-state index contributed by atoms with van der Waals surface area (Å²) in [5.74, 6) is -0.847. The maximum Gasteiger partial charge on any atom is 0.335 e. The Morgan fingerprint density at radius 3 is 2.27 bits per heavy atom. The fourth-order valence-corrected chi connectivity index (χ4v) is 1.63. The van der Waals surface area contributed by atoms with Crippen LogP contribution in [0, 0.1) is 0 Å². The maximum atomic E-state index is 11.0. The Hall–Kier alpha value is -0.570. The van der Waals surface area contributed by atoms with E-state index in [0.29, 0.717) is 13.0 Å². The van der Waals surface area contributed by atoms with Crippen LogP contribution in [-0.4, -0.2) is 23.3 Å². The van der Waals surface area contributed by atoms with Gasteiger partial charge in [-0.1, -0.05) is 32.6 Å². The molecule has 0 spiro atoms. The van der Waals surface area contributed by atoms with Crippen LogP contribution in [0.2, 0.25) is 0 Å². The van der Waals surface area contributed by atoms with Gasteiger partial charge in [-0.3, -0.25) is 0 Å². The summed E-state index contributed by atoms with van der Waals surface area (Å²) in [7, 11) is 0. The van der Waals surface area contributed by atoms with Gasteiger partial charge in [-0.15, -0.1) is 0 Å². The lowest BCUT2D eigenvalue weighted by Gasteiger charge is -2.24. The van der Waals surface area contributed by atoms with Crippen molar-refractivity contribution in [3.05, 3.63) is 0 Å². The second kappa shape index (κ2) is 7.69. The van der Waals surface area contributed by atoms with Crippen molar-refractivity contribution in [2.24, 2.45) is 0 Å². The molecule has 0 rings (SSSR count). The zero-order valence-electron chi connectivity index (χ0n) is 10.2. The number of carbonyl (C=O) groups is 1. The fourth-order valence-electron chi connectivity index (χ4n) is 1.63. The molecule has 3 nitrogen and oxygen atoms in total. The molecule has 0 aliphatic rings. The fraction of sp³-hybridized carbons (Fsp3) is 0.917. The first-order valence-corrected chi connectivity index (χ1v) is 5.94. The summed E-state index contributed by atoms with van der Waals surface area (Å²) in [6.45, 7) is 6.12. The normalized spacial score (nSPS) is 14.9. The van der Waals surface area contributed by atoms with Crippen molar-refractivity contribution in [3.63, 3.8) is 0 Å². The van der Waals surface area contributed by atoms with Crippen molar-refractivity contribution < 1.29 is 14.6 Å². The van der Waals surface area contributed by atoms with Crippen molar-refractivity contribution in [3.8, 4) is 0 Å². The topological polar surface area (TPSA) is 46.5 Å². The van der Waals surface area contributed by atoms with E-state index in [0.717, 1.165) is 12.8 Å². The van der Waals surface area contributed by atoms with Crippen LogP contribution in [0.5, 0.6) is 0 Å². The number of rotatable bonds is 9. The molecule has 1 unspecified atom stereocenters. The molecule has 0 heterocycles. The van der Waals surface area contributed by atoms with Gasteiger partial charge in [0, 0.05) is 6.61 Å². The zero-order chi connectivity index (χ0) is 11.7. The SMILES string of the molecule is CCCCCCCC(C)(OCC)C(=O)O. The summed E-state index contributed by atoms with van der Waals surface area (Å²) in [4.78, 5) is 11.0. The number of carboxylic acids is 1. The van der Waals surface area contributed by atoms with E-state index in [1.165, 1.54) is 19.3 Å². The van der Waals surface area contributed by atoms with Crippen LogP contribution >= 0.6 is 0 Å². The minimum absolute atomic E-state index is 0.456. The molecule has 3 heteroatoms. The summed E-state index contributed by atoms with van der Waals surface area (Å²) >= 11 is 0. The van der Waals surface area contributed by atoms with Crippen molar-refractivity contribution in [2.45, 2.75) is 64.9 Å². The van der Waals surface area contributed by atoms with Crippen LogP contribution in [0.4, 0.5) is 0 Å². The Morgan fingerprint density at radius 2 is 1.80 bits per heavy atom. The molecule has 0 aromatic rings. The molecule has 0 aliphatic carbocycles. The largest absolute Gasteiger partial charge is 0.479 e. The lowest BCUT2D eigenvalue weighted by Crippen LogP contribution is -2.38. The molecule has 0 saturated carbocycles. The molecular formula is C12H24O3. The van der Waals surface area contributed by atoms with Crippen molar-refractivity contribution >= 4 is 5.97 Å². The number of aliphatic carboxylic acids is 1. The molecule has 0 amide bonds. The first kappa shape index (κ1) is 14.4. The molecule has 0 saturated heterocycles. The van der Waals surface area contributed by atoms with Crippen LogP contribution in [-0.2, 0) is 9.53 Å². The van der Waals surface area contributed by atoms with Crippen molar-refractivity contribution in [1.82, 2.24) is 0 Å². The van der Waals surface area contributed by atoms with E-state index in [4.69, 9.17) is 9.84 Å². The predicted octanol–water partition coefficient (Wildman–Crippen LogP) is 3.23. The van der Waals surface area contributed by atoms with Gasteiger partial charge in [-0.25, -0.2) is 4.79 Å². The predicted molar refractivity (Wildman–Crippen MR) is 61.0 cm³/mol. The third kappa shape index (κ3) is 5.78. The highest BCUT2D eigenvalue weighted by atomic mass is 16.5. The second-order valence-electron chi connectivity index (χ2n) is 4.13. The summed E-state index contributed by atoms with van der Waals surface area (Å²) < 4.78 is 5.30. The highest BCUT2D eigenvalue weighted by molar-refractivity contribution is 5.76. The lowest BCUT2D eigenvalue weighted by atomic mass is 9.97. The van der Waals surface area contributed by atoms with Gasteiger partial charge in [0.15, 0.2) is 5.60 Å². The third-order valence-electron chi connectivity index (χ3n) is 2.67. The molecule has 15 heavy (non-hydrogen) atoms. The van der Waals surface area contributed by atoms with E-state index in [2.05, 4.69) is 6.92 Å². The van der Waals surface area contributed by atoms with Gasteiger partial charge in [-0.05, 0) is 26.7 Å². The van der Waals surface area contributed by atoms with Gasteiger partial charge in [0.05, 0.1) is 0 Å². The first-order chi connectivity index (χ1) is 7.06. The quantitative estimate of drug-likeness (QED) is 0.602. The average molecular weight is 216 g/mol. The molecule has 0 bridgehead atoms. The highest BCUT2D eigenvalue weighted by Crippen LogP contribution is 2.20. The minimum atomic E-state index is -0.985. The minimum Gasteiger partial charge on any atom is -0.479 e. The number of ether oxygens (including phenoxy) is 1. The number of carboxylic acid groups (broad SMARTS) is 1. The lowest BCUT2D eigenvalue weighted by molar-refractivity contribution is -0.164. The van der Waals surface area contributed by atoms with Crippen LogP contribution in [0.1, 0.15) is 59.3 Å². The van der Waals surface area contributed by atoms with Gasteiger partial charge in [0.2, 0.25) is 0 Å². The molecule has 0 fully saturated rings. The Morgan fingerprint density at radius 1 is 1.20 bits per heavy atom. The second-order valence-corrected chi connectivity index (χ2v) is 4.13. The molecule has 1 atom stereocenters. The highest BCUT2D eigenvalue weighted by Gasteiger charge is 2.32. The van der Waals surface area contributed by atoms with Crippen molar-refractivity contribution in [1.29, 1.82) is 0 Å². The molecule has 0 aromatic heterocycles. The van der Waals surface area contributed by atoms with Gasteiger partial charge < -0.3 is 9.84 Å². The van der Waals surface area contributed by atoms with Gasteiger partial charge in [0.25, 0.3) is 0 Å². The van der Waals surface area contributed by atoms with E-state index in [1.807, 2.05) is 6.92 Å². The molecule has 0 aromatic carbocycles. The third-order valence-corrected chi connectivity index (χ3v) is 2.67. The van der Waals surface area contributed by atoms with E-state index in [9.17, 15) is 4.79 Å². The Kier molecular flexibility index (Phi) is 7.39. The van der Waals surface area contributed by atoms with E-state index >= 15 is 0 Å². The molecule has 0 aliphatic heterocycles. The smallest absolute Gasteiger partial charge is 0.335 e. The summed E-state index contributed by atoms with van der Waals surface area (Å²) in [5.41, 5.74) is -0.985. The summed E-state index contributed by atoms with van der Waals surface area (Å²) in [6, 6.07) is 0. The summed E-state index contributed by atoms with van der Waals surface area (Å²) in [5, 5.41) is 9.04. The van der Waals surface area contributed by atoms with Crippen LogP contribution in [0.25, 0.3) is 0 Å². The van der Waals surface area contributed by atoms with Crippen molar-refractivity contribution in [2.75, 3.05) is 6.61 Å². The Labute approximate surface area is 92.8 Å². The van der Waals surface area contributed by atoms with E-state index in [-0.39, 0.29) is 0 Å². The molecular weight excluding hydrogens is 192 g/mol. The van der Waals surface area contributed by atoms with Crippen LogP contribution in [0.15, 0.2) is 0 Å². The van der Waals surface area contributed by atoms with E-state index in [1.54, 1.807) is 6.92 Å². The average Bonchev–Trinajstić information content (AvgIpc) is 2.18. The number of hydrogen-bond donors (Lipinski definition) is 1. The number of hydrogen-bond acceptors (Lipinski definition) is 2. The Bertz CT molecular complexity index is 180.